The summed E-state index contributed by atoms with van der Waals surface area (Å²) in [6.07, 6.45) is 0. The Hall–Kier alpha value is -3.49. The van der Waals surface area contributed by atoms with Gasteiger partial charge >= 0.3 is 5.97 Å². The molecule has 33 heavy (non-hydrogen) atoms. The van der Waals surface area contributed by atoms with Crippen LogP contribution in [0, 0.1) is 13.8 Å². The van der Waals surface area contributed by atoms with E-state index in [2.05, 4.69) is 37.4 Å². The molecule has 0 saturated heterocycles. The largest absolute Gasteiger partial charge is 0.466 e. The molecule has 0 bridgehead atoms. The van der Waals surface area contributed by atoms with Crippen molar-refractivity contribution in [2.75, 3.05) is 32.1 Å². The standard InChI is InChI=1S/C25H25N3O4S/c1-15-7-8-17(11-16(15)2)21-14-33-23(27-21)18-5-4-6-19(12-18)26-22-20(25(31)32-3)13-28(9-10-29)24(22)30/h4-8,11-12,14,26,29H,9-10,13H2,1-3H3. The molecule has 0 unspecified atom stereocenters. The third-order valence-corrected chi connectivity index (χ3v) is 6.53. The van der Waals surface area contributed by atoms with Gasteiger partial charge in [-0.1, -0.05) is 24.3 Å². The fourth-order valence-corrected chi connectivity index (χ4v) is 4.49. The highest BCUT2D eigenvalue weighted by Gasteiger charge is 2.34. The maximum Gasteiger partial charge on any atom is 0.337 e. The maximum absolute atomic E-state index is 12.8. The highest BCUT2D eigenvalue weighted by atomic mass is 32.1. The average Bonchev–Trinajstić information content (AvgIpc) is 3.42. The lowest BCUT2D eigenvalue weighted by Gasteiger charge is -2.15. The summed E-state index contributed by atoms with van der Waals surface area (Å²) in [4.78, 5) is 31.2. The van der Waals surface area contributed by atoms with Crippen LogP contribution in [0.3, 0.4) is 0 Å². The third kappa shape index (κ3) is 4.67. The third-order valence-electron chi connectivity index (χ3n) is 5.64. The zero-order chi connectivity index (χ0) is 23.5. The minimum Gasteiger partial charge on any atom is -0.466 e. The highest BCUT2D eigenvalue weighted by molar-refractivity contribution is 7.13. The van der Waals surface area contributed by atoms with Crippen molar-refractivity contribution in [1.29, 1.82) is 0 Å². The molecule has 0 saturated carbocycles. The summed E-state index contributed by atoms with van der Waals surface area (Å²) in [6, 6.07) is 13.9. The molecule has 0 spiro atoms. The van der Waals surface area contributed by atoms with Crippen LogP contribution in [0.2, 0.25) is 0 Å². The van der Waals surface area contributed by atoms with Gasteiger partial charge in [-0.3, -0.25) is 4.79 Å². The van der Waals surface area contributed by atoms with E-state index in [1.807, 2.05) is 29.6 Å². The number of aromatic nitrogens is 1. The normalized spacial score (nSPS) is 13.6. The number of thiazole rings is 1. The number of nitrogens with zero attached hydrogens (tertiary/aromatic N) is 2. The van der Waals surface area contributed by atoms with E-state index in [1.54, 1.807) is 11.3 Å². The molecule has 170 valence electrons. The number of hydrogen-bond acceptors (Lipinski definition) is 7. The van der Waals surface area contributed by atoms with Crippen LogP contribution in [-0.2, 0) is 14.3 Å². The van der Waals surface area contributed by atoms with Crippen LogP contribution >= 0.6 is 11.3 Å². The molecule has 0 aliphatic carbocycles. The number of carbonyl (C=O) groups excluding carboxylic acids is 2. The van der Waals surface area contributed by atoms with Gasteiger partial charge in [0.2, 0.25) is 0 Å². The van der Waals surface area contributed by atoms with Gasteiger partial charge in [0.1, 0.15) is 10.7 Å². The lowest BCUT2D eigenvalue weighted by molar-refractivity contribution is -0.136. The molecule has 8 heteroatoms. The Balaban J connectivity index is 1.61. The second kappa shape index (κ2) is 9.56. The SMILES string of the molecule is COC(=O)C1=C(Nc2cccc(-c3nc(-c4ccc(C)c(C)c4)cs3)c2)C(=O)N(CCO)C1. The fourth-order valence-electron chi connectivity index (χ4n) is 3.66. The Morgan fingerprint density at radius 2 is 2.00 bits per heavy atom. The molecule has 2 N–H and O–H groups in total. The number of ether oxygens (including phenoxy) is 1. The summed E-state index contributed by atoms with van der Waals surface area (Å²) >= 11 is 1.55. The number of benzene rings is 2. The molecule has 2 heterocycles. The molecular weight excluding hydrogens is 438 g/mol. The van der Waals surface area contributed by atoms with Crippen molar-refractivity contribution < 1.29 is 19.4 Å². The van der Waals surface area contributed by atoms with Crippen molar-refractivity contribution in [2.45, 2.75) is 13.8 Å². The first-order valence-electron chi connectivity index (χ1n) is 10.5. The number of rotatable bonds is 7. The molecule has 4 rings (SSSR count). The van der Waals surface area contributed by atoms with Gasteiger partial charge in [0.05, 0.1) is 31.5 Å². The van der Waals surface area contributed by atoms with Gasteiger partial charge in [-0.15, -0.1) is 11.3 Å². The zero-order valence-corrected chi connectivity index (χ0v) is 19.5. The van der Waals surface area contributed by atoms with Gasteiger partial charge in [-0.25, -0.2) is 9.78 Å². The molecule has 0 fully saturated rings. The molecule has 0 radical (unpaired) electrons. The first-order valence-corrected chi connectivity index (χ1v) is 11.4. The van der Waals surface area contributed by atoms with E-state index < -0.39 is 5.97 Å². The van der Waals surface area contributed by atoms with Crippen LogP contribution in [0.4, 0.5) is 5.69 Å². The van der Waals surface area contributed by atoms with E-state index >= 15 is 0 Å². The van der Waals surface area contributed by atoms with E-state index in [-0.39, 0.29) is 36.9 Å². The summed E-state index contributed by atoms with van der Waals surface area (Å²) in [5.74, 6) is -0.915. The number of esters is 1. The Morgan fingerprint density at radius 3 is 2.73 bits per heavy atom. The van der Waals surface area contributed by atoms with Gasteiger partial charge in [0.25, 0.3) is 5.91 Å². The monoisotopic (exact) mass is 463 g/mol. The fraction of sp³-hybridized carbons (Fsp3) is 0.240. The summed E-state index contributed by atoms with van der Waals surface area (Å²) in [5, 5.41) is 15.2. The van der Waals surface area contributed by atoms with Gasteiger partial charge in [-0.05, 0) is 43.2 Å². The van der Waals surface area contributed by atoms with Crippen molar-refractivity contribution in [1.82, 2.24) is 9.88 Å². The number of carbonyl (C=O) groups is 2. The number of anilines is 1. The Bertz CT molecular complexity index is 1250. The summed E-state index contributed by atoms with van der Waals surface area (Å²) in [7, 11) is 1.28. The van der Waals surface area contributed by atoms with Crippen LogP contribution < -0.4 is 5.32 Å². The Morgan fingerprint density at radius 1 is 1.18 bits per heavy atom. The molecule has 1 aliphatic heterocycles. The minimum atomic E-state index is -0.569. The smallest absolute Gasteiger partial charge is 0.337 e. The maximum atomic E-state index is 12.8. The number of hydrogen-bond donors (Lipinski definition) is 2. The summed E-state index contributed by atoms with van der Waals surface area (Å²) in [6.45, 7) is 4.23. The Kier molecular flexibility index (Phi) is 6.57. The molecule has 0 atom stereocenters. The molecule has 1 amide bonds. The second-order valence-corrected chi connectivity index (χ2v) is 8.70. The first-order chi connectivity index (χ1) is 15.9. The van der Waals surface area contributed by atoms with Gasteiger partial charge in [0.15, 0.2) is 0 Å². The number of methoxy groups -OCH3 is 1. The number of aryl methyl sites for hydroxylation is 2. The molecular formula is C25H25N3O4S. The van der Waals surface area contributed by atoms with Crippen LogP contribution in [0.25, 0.3) is 21.8 Å². The van der Waals surface area contributed by atoms with Crippen LogP contribution in [0.15, 0.2) is 59.1 Å². The Labute approximate surface area is 196 Å². The zero-order valence-electron chi connectivity index (χ0n) is 18.7. The highest BCUT2D eigenvalue weighted by Crippen LogP contribution is 2.32. The van der Waals surface area contributed by atoms with E-state index in [9.17, 15) is 14.7 Å². The van der Waals surface area contributed by atoms with E-state index in [1.165, 1.54) is 23.1 Å². The van der Waals surface area contributed by atoms with Gasteiger partial charge < -0.3 is 20.1 Å². The van der Waals surface area contributed by atoms with Crippen molar-refractivity contribution >= 4 is 28.9 Å². The molecule has 1 aromatic heterocycles. The molecule has 7 nitrogen and oxygen atoms in total. The van der Waals surface area contributed by atoms with Crippen molar-refractivity contribution in [3.63, 3.8) is 0 Å². The van der Waals surface area contributed by atoms with Gasteiger partial charge in [0, 0.05) is 28.7 Å². The van der Waals surface area contributed by atoms with Crippen molar-refractivity contribution in [3.05, 3.63) is 70.2 Å². The van der Waals surface area contributed by atoms with E-state index in [0.717, 1.165) is 21.8 Å². The number of nitrogens with one attached hydrogen (secondary N) is 1. The number of β-amino-alcohol motifs (C(OH)–C–C–N with tert-alkyl or cyclic N) is 1. The predicted molar refractivity (Wildman–Crippen MR) is 129 cm³/mol. The molecule has 2 aromatic carbocycles. The summed E-state index contributed by atoms with van der Waals surface area (Å²) < 4.78 is 4.84. The van der Waals surface area contributed by atoms with Crippen molar-refractivity contribution in [3.8, 4) is 21.8 Å². The predicted octanol–water partition coefficient (Wildman–Crippen LogP) is 3.77. The second-order valence-electron chi connectivity index (χ2n) is 7.84. The number of aliphatic hydroxyl groups excluding tert-OH is 1. The first kappa shape index (κ1) is 22.7. The van der Waals surface area contributed by atoms with E-state index in [0.29, 0.717) is 5.69 Å². The van der Waals surface area contributed by atoms with Crippen LogP contribution in [-0.4, -0.2) is 53.7 Å². The van der Waals surface area contributed by atoms with Crippen molar-refractivity contribution in [2.24, 2.45) is 0 Å². The van der Waals surface area contributed by atoms with E-state index in [4.69, 9.17) is 9.72 Å². The molecule has 3 aromatic rings. The number of aliphatic hydroxyl groups is 1. The summed E-state index contributed by atoms with van der Waals surface area (Å²) in [5.41, 5.74) is 6.42. The average molecular weight is 464 g/mol. The van der Waals surface area contributed by atoms with Crippen LogP contribution in [0.5, 0.6) is 0 Å². The minimum absolute atomic E-state index is 0.0971. The molecule has 1 aliphatic rings. The van der Waals surface area contributed by atoms with Crippen LogP contribution in [0.1, 0.15) is 11.1 Å². The van der Waals surface area contributed by atoms with Gasteiger partial charge in [-0.2, -0.15) is 0 Å². The number of amides is 1. The lowest BCUT2D eigenvalue weighted by Crippen LogP contribution is -2.31. The topological polar surface area (TPSA) is 91.8 Å². The lowest BCUT2D eigenvalue weighted by atomic mass is 10.1. The quantitative estimate of drug-likeness (QED) is 0.519.